The van der Waals surface area contributed by atoms with Crippen molar-refractivity contribution in [3.8, 4) is 5.75 Å². The number of likely N-dealkylation sites (tertiary alicyclic amines) is 2. The van der Waals surface area contributed by atoms with Gasteiger partial charge in [0.2, 0.25) is 5.91 Å². The van der Waals surface area contributed by atoms with E-state index >= 15 is 0 Å². The lowest BCUT2D eigenvalue weighted by Crippen LogP contribution is -2.50. The molecular weight excluding hydrogens is 482 g/mol. The van der Waals surface area contributed by atoms with Crippen molar-refractivity contribution >= 4 is 23.6 Å². The van der Waals surface area contributed by atoms with Gasteiger partial charge in [-0.25, -0.2) is 8.78 Å². The van der Waals surface area contributed by atoms with Crippen molar-refractivity contribution in [2.75, 3.05) is 39.3 Å². The Hall–Kier alpha value is -2.44. The maximum atomic E-state index is 13.3. The van der Waals surface area contributed by atoms with Crippen molar-refractivity contribution in [2.24, 2.45) is 11.8 Å². The average molecular weight is 515 g/mol. The molecule has 1 amide bonds. The molecule has 192 valence electrons. The first-order valence-corrected chi connectivity index (χ1v) is 13.3. The first-order valence-electron chi connectivity index (χ1n) is 12.9. The normalized spacial score (nSPS) is 24.9. The summed E-state index contributed by atoms with van der Waals surface area (Å²) in [6, 6.07) is 9.33. The summed E-state index contributed by atoms with van der Waals surface area (Å²) in [5.74, 6) is 0.668. The fourth-order valence-corrected chi connectivity index (χ4v) is 6.30. The summed E-state index contributed by atoms with van der Waals surface area (Å²) in [7, 11) is 0. The number of hydrogen-bond donors (Lipinski definition) is 0. The van der Waals surface area contributed by atoms with Gasteiger partial charge in [-0.15, -0.1) is 0 Å². The van der Waals surface area contributed by atoms with Gasteiger partial charge in [-0.05, 0) is 86.5 Å². The van der Waals surface area contributed by atoms with Crippen LogP contribution in [0.3, 0.4) is 0 Å². The number of halogens is 3. The molecule has 2 aromatic carbocycles. The lowest BCUT2D eigenvalue weighted by atomic mass is 9.68. The second-order valence-electron chi connectivity index (χ2n) is 10.6. The number of carbonyl (C=O) groups excluding carboxylic acids is 1. The predicted octanol–water partition coefficient (Wildman–Crippen LogP) is 5.93. The topological polar surface area (TPSA) is 32.8 Å². The predicted molar refractivity (Wildman–Crippen MR) is 138 cm³/mol. The molecule has 0 N–H and O–H groups in total. The molecule has 2 atom stereocenters. The largest absolute Gasteiger partial charge is 0.492 e. The Kier molecular flexibility index (Phi) is 7.36. The van der Waals surface area contributed by atoms with Crippen molar-refractivity contribution in [1.82, 2.24) is 9.80 Å². The van der Waals surface area contributed by atoms with Crippen molar-refractivity contribution in [2.45, 2.75) is 38.0 Å². The SMILES string of the molecule is CC1CN(CCC2CCN(C(=O)/C=C/c3cc(F)cc(F)c3)CC2)CCC12COc1cc(Cl)ccc12. The lowest BCUT2D eigenvalue weighted by Gasteiger charge is -2.44. The van der Waals surface area contributed by atoms with Crippen molar-refractivity contribution in [1.29, 1.82) is 0 Å². The number of carbonyl (C=O) groups is 1. The number of ether oxygens (including phenoxy) is 1. The molecule has 0 aromatic heterocycles. The monoisotopic (exact) mass is 514 g/mol. The molecule has 2 aromatic rings. The van der Waals surface area contributed by atoms with Crippen LogP contribution in [0.1, 0.15) is 43.7 Å². The Balaban J connectivity index is 1.07. The van der Waals surface area contributed by atoms with Gasteiger partial charge in [-0.1, -0.05) is 24.6 Å². The summed E-state index contributed by atoms with van der Waals surface area (Å²) in [4.78, 5) is 17.0. The Morgan fingerprint density at radius 3 is 2.61 bits per heavy atom. The van der Waals surface area contributed by atoms with E-state index in [1.54, 1.807) is 0 Å². The van der Waals surface area contributed by atoms with Crippen LogP contribution in [-0.4, -0.2) is 55.0 Å². The number of benzene rings is 2. The first kappa shape index (κ1) is 25.2. The molecule has 3 heterocycles. The van der Waals surface area contributed by atoms with E-state index < -0.39 is 11.6 Å². The van der Waals surface area contributed by atoms with Gasteiger partial charge < -0.3 is 14.5 Å². The van der Waals surface area contributed by atoms with Gasteiger partial charge in [0, 0.05) is 47.8 Å². The molecule has 0 saturated carbocycles. The summed E-state index contributed by atoms with van der Waals surface area (Å²) >= 11 is 6.16. The number of rotatable bonds is 5. The minimum absolute atomic E-state index is 0.0902. The molecule has 3 aliphatic rings. The fraction of sp³-hybridized carbons (Fsp3) is 0.483. The van der Waals surface area contributed by atoms with Crippen LogP contribution >= 0.6 is 11.6 Å². The summed E-state index contributed by atoms with van der Waals surface area (Å²) < 4.78 is 32.7. The van der Waals surface area contributed by atoms with Gasteiger partial charge in [0.25, 0.3) is 0 Å². The van der Waals surface area contributed by atoms with Crippen LogP contribution in [0.25, 0.3) is 6.08 Å². The molecule has 1 spiro atoms. The molecule has 2 unspecified atom stereocenters. The fourth-order valence-electron chi connectivity index (χ4n) is 6.14. The van der Waals surface area contributed by atoms with E-state index in [2.05, 4.69) is 17.9 Å². The van der Waals surface area contributed by atoms with Crippen LogP contribution in [-0.2, 0) is 10.2 Å². The van der Waals surface area contributed by atoms with E-state index in [1.165, 1.54) is 29.8 Å². The second-order valence-corrected chi connectivity index (χ2v) is 11.1. The van der Waals surface area contributed by atoms with Gasteiger partial charge in [0.1, 0.15) is 17.4 Å². The van der Waals surface area contributed by atoms with Crippen molar-refractivity contribution in [3.63, 3.8) is 0 Å². The standard InChI is InChI=1S/C29H33ClF2N2O2/c1-20-18-33(13-9-29(20)19-36-27-16-23(30)3-4-26(27)29)10-6-21-7-11-34(12-8-21)28(35)5-2-22-14-24(31)17-25(32)15-22/h2-5,14-17,20-21H,6-13,18-19H2,1H3/b5-2+. The minimum Gasteiger partial charge on any atom is -0.492 e. The zero-order chi connectivity index (χ0) is 25.3. The van der Waals surface area contributed by atoms with E-state index in [4.69, 9.17) is 16.3 Å². The Bertz CT molecular complexity index is 1130. The number of piperidine rings is 2. The molecule has 2 fully saturated rings. The Morgan fingerprint density at radius 2 is 1.89 bits per heavy atom. The first-order chi connectivity index (χ1) is 17.3. The van der Waals surface area contributed by atoms with E-state index in [9.17, 15) is 13.6 Å². The number of fused-ring (bicyclic) bond motifs is 2. The third kappa shape index (κ3) is 5.30. The molecule has 0 aliphatic carbocycles. The molecule has 2 saturated heterocycles. The smallest absolute Gasteiger partial charge is 0.246 e. The van der Waals surface area contributed by atoms with E-state index in [0.29, 0.717) is 17.4 Å². The second kappa shape index (κ2) is 10.5. The summed E-state index contributed by atoms with van der Waals surface area (Å²) in [6.07, 6.45) is 7.11. The number of hydrogen-bond acceptors (Lipinski definition) is 3. The zero-order valence-electron chi connectivity index (χ0n) is 20.7. The van der Waals surface area contributed by atoms with Gasteiger partial charge in [0.05, 0.1) is 6.61 Å². The summed E-state index contributed by atoms with van der Waals surface area (Å²) in [5, 5.41) is 0.724. The maximum Gasteiger partial charge on any atom is 0.246 e. The Labute approximate surface area is 216 Å². The Morgan fingerprint density at radius 1 is 1.14 bits per heavy atom. The van der Waals surface area contributed by atoms with Crippen LogP contribution in [0, 0.1) is 23.5 Å². The molecule has 4 nitrogen and oxygen atoms in total. The highest BCUT2D eigenvalue weighted by molar-refractivity contribution is 6.30. The average Bonchev–Trinajstić information content (AvgIpc) is 3.21. The van der Waals surface area contributed by atoms with Gasteiger partial charge in [-0.3, -0.25) is 4.79 Å². The van der Waals surface area contributed by atoms with E-state index in [-0.39, 0.29) is 11.3 Å². The van der Waals surface area contributed by atoms with Crippen molar-refractivity contribution in [3.05, 3.63) is 70.3 Å². The molecular formula is C29H33ClF2N2O2. The molecule has 36 heavy (non-hydrogen) atoms. The minimum atomic E-state index is -0.646. The van der Waals surface area contributed by atoms with Crippen LogP contribution in [0.15, 0.2) is 42.5 Å². The molecule has 7 heteroatoms. The van der Waals surface area contributed by atoms with E-state index in [1.807, 2.05) is 17.0 Å². The molecule has 0 bridgehead atoms. The highest BCUT2D eigenvalue weighted by Crippen LogP contribution is 2.49. The number of amides is 1. The van der Waals surface area contributed by atoms with Crippen molar-refractivity contribution < 1.29 is 18.3 Å². The van der Waals surface area contributed by atoms with Crippen LogP contribution in [0.4, 0.5) is 8.78 Å². The van der Waals surface area contributed by atoms with E-state index in [0.717, 1.165) is 81.9 Å². The van der Waals surface area contributed by atoms with Crippen LogP contribution in [0.2, 0.25) is 5.02 Å². The third-order valence-electron chi connectivity index (χ3n) is 8.40. The van der Waals surface area contributed by atoms with Crippen LogP contribution < -0.4 is 4.74 Å². The highest BCUT2D eigenvalue weighted by atomic mass is 35.5. The highest BCUT2D eigenvalue weighted by Gasteiger charge is 2.47. The lowest BCUT2D eigenvalue weighted by molar-refractivity contribution is -0.127. The van der Waals surface area contributed by atoms with Gasteiger partial charge >= 0.3 is 0 Å². The molecule has 5 rings (SSSR count). The van der Waals surface area contributed by atoms with Crippen LogP contribution in [0.5, 0.6) is 5.75 Å². The quantitative estimate of drug-likeness (QED) is 0.463. The maximum absolute atomic E-state index is 13.3. The molecule has 3 aliphatic heterocycles. The summed E-state index contributed by atoms with van der Waals surface area (Å²) in [5.41, 5.74) is 1.75. The molecule has 0 radical (unpaired) electrons. The number of nitrogens with zero attached hydrogens (tertiary/aromatic N) is 2. The van der Waals surface area contributed by atoms with Gasteiger partial charge in [-0.2, -0.15) is 0 Å². The third-order valence-corrected chi connectivity index (χ3v) is 8.63. The van der Waals surface area contributed by atoms with Gasteiger partial charge in [0.15, 0.2) is 0 Å². The summed E-state index contributed by atoms with van der Waals surface area (Å²) in [6.45, 7) is 7.75. The zero-order valence-corrected chi connectivity index (χ0v) is 21.4.